The van der Waals surface area contributed by atoms with Crippen LogP contribution in [0.2, 0.25) is 0 Å². The molecule has 4 rings (SSSR count). The number of ether oxygens (including phenoxy) is 1. The quantitative estimate of drug-likeness (QED) is 0.554. The molecule has 0 spiro atoms. The zero-order valence-corrected chi connectivity index (χ0v) is 16.7. The monoisotopic (exact) mass is 376 g/mol. The molecule has 0 saturated heterocycles. The molecule has 146 valence electrons. The Kier molecular flexibility index (Phi) is 6.34. The molecular formula is C24H28N2O2. The van der Waals surface area contributed by atoms with Crippen LogP contribution in [0.5, 0.6) is 5.75 Å². The summed E-state index contributed by atoms with van der Waals surface area (Å²) in [6.45, 7) is 5.02. The lowest BCUT2D eigenvalue weighted by atomic mass is 10.1. The van der Waals surface area contributed by atoms with E-state index < -0.39 is 6.10 Å². The summed E-state index contributed by atoms with van der Waals surface area (Å²) in [6.07, 6.45) is -0.517. The molecule has 1 atom stereocenters. The van der Waals surface area contributed by atoms with Crippen LogP contribution in [0.3, 0.4) is 0 Å². The number of fused-ring (bicyclic) bond motifs is 3. The number of nitrogens with zero attached hydrogens (tertiary/aromatic N) is 1. The third-order valence-corrected chi connectivity index (χ3v) is 4.82. The maximum Gasteiger partial charge on any atom is 0.118 e. The van der Waals surface area contributed by atoms with E-state index >= 15 is 0 Å². The van der Waals surface area contributed by atoms with Crippen LogP contribution in [0.25, 0.3) is 21.8 Å². The summed E-state index contributed by atoms with van der Waals surface area (Å²) in [6, 6.07) is 22.6. The van der Waals surface area contributed by atoms with E-state index in [4.69, 9.17) is 10.5 Å². The Hall–Kier alpha value is -2.82. The van der Waals surface area contributed by atoms with Crippen molar-refractivity contribution >= 4 is 21.8 Å². The van der Waals surface area contributed by atoms with Crippen LogP contribution >= 0.6 is 0 Å². The number of aliphatic hydroxyl groups excluding tert-OH is 1. The van der Waals surface area contributed by atoms with Crippen LogP contribution in [0, 0.1) is 13.8 Å². The lowest BCUT2D eigenvalue weighted by Gasteiger charge is -2.12. The highest BCUT2D eigenvalue weighted by atomic mass is 16.5. The summed E-state index contributed by atoms with van der Waals surface area (Å²) in [4.78, 5) is 0. The van der Waals surface area contributed by atoms with E-state index in [2.05, 4.69) is 54.8 Å². The van der Waals surface area contributed by atoms with E-state index in [1.165, 1.54) is 21.9 Å². The molecule has 28 heavy (non-hydrogen) atoms. The number of aromatic nitrogens is 1. The standard InChI is InChI=1S/C17H20N2O.C7H8O/c1-11-3-5-16-14(7-11)15-8-12(2)4-6-17(15)19(16)10-13(20)9-18;1-8-7-5-3-2-4-6-7/h3-8,13,20H,9-10,18H2,1-2H3;2-6H,1H3. The number of aryl methyl sites for hydroxylation is 2. The molecule has 4 nitrogen and oxygen atoms in total. The first-order valence-corrected chi connectivity index (χ1v) is 9.50. The van der Waals surface area contributed by atoms with Crippen molar-refractivity contribution in [3.8, 4) is 5.75 Å². The predicted molar refractivity (Wildman–Crippen MR) is 117 cm³/mol. The molecule has 0 aliphatic heterocycles. The van der Waals surface area contributed by atoms with Crippen molar-refractivity contribution in [2.24, 2.45) is 5.73 Å². The van der Waals surface area contributed by atoms with E-state index in [9.17, 15) is 5.11 Å². The van der Waals surface area contributed by atoms with Gasteiger partial charge in [-0.3, -0.25) is 0 Å². The molecule has 0 fully saturated rings. The lowest BCUT2D eigenvalue weighted by Crippen LogP contribution is -2.25. The average molecular weight is 377 g/mol. The number of benzene rings is 3. The van der Waals surface area contributed by atoms with Gasteiger partial charge in [-0.25, -0.2) is 0 Å². The van der Waals surface area contributed by atoms with Gasteiger partial charge in [0, 0.05) is 28.4 Å². The molecule has 0 bridgehead atoms. The van der Waals surface area contributed by atoms with Crippen LogP contribution in [-0.2, 0) is 6.54 Å². The Bertz CT molecular complexity index is 995. The molecule has 4 aromatic rings. The van der Waals surface area contributed by atoms with Crippen molar-refractivity contribution in [1.29, 1.82) is 0 Å². The molecule has 3 N–H and O–H groups in total. The van der Waals surface area contributed by atoms with E-state index in [-0.39, 0.29) is 6.54 Å². The van der Waals surface area contributed by atoms with Gasteiger partial charge >= 0.3 is 0 Å². The fourth-order valence-corrected chi connectivity index (χ4v) is 3.37. The zero-order chi connectivity index (χ0) is 20.1. The number of rotatable bonds is 4. The second-order valence-electron chi connectivity index (χ2n) is 7.06. The van der Waals surface area contributed by atoms with Gasteiger partial charge in [-0.1, -0.05) is 41.5 Å². The molecule has 0 saturated carbocycles. The Labute approximate surface area is 166 Å². The van der Waals surface area contributed by atoms with Crippen molar-refractivity contribution in [2.45, 2.75) is 26.5 Å². The summed E-state index contributed by atoms with van der Waals surface area (Å²) >= 11 is 0. The highest BCUT2D eigenvalue weighted by molar-refractivity contribution is 6.08. The SMILES string of the molecule is COc1ccccc1.Cc1ccc2c(c1)c1cc(C)ccc1n2CC(O)CN. The zero-order valence-electron chi connectivity index (χ0n) is 16.7. The average Bonchev–Trinajstić information content (AvgIpc) is 3.01. The minimum Gasteiger partial charge on any atom is -0.497 e. The van der Waals surface area contributed by atoms with E-state index in [1.807, 2.05) is 30.3 Å². The van der Waals surface area contributed by atoms with Crippen molar-refractivity contribution in [3.63, 3.8) is 0 Å². The fraction of sp³-hybridized carbons (Fsp3) is 0.250. The number of aliphatic hydroxyl groups is 1. The van der Waals surface area contributed by atoms with Gasteiger partial charge in [-0.15, -0.1) is 0 Å². The number of methoxy groups -OCH3 is 1. The molecule has 0 radical (unpaired) electrons. The Morgan fingerprint density at radius 3 is 1.86 bits per heavy atom. The summed E-state index contributed by atoms with van der Waals surface area (Å²) in [5, 5.41) is 12.4. The Morgan fingerprint density at radius 2 is 1.43 bits per heavy atom. The first-order chi connectivity index (χ1) is 13.5. The van der Waals surface area contributed by atoms with Crippen molar-refractivity contribution < 1.29 is 9.84 Å². The third kappa shape index (κ3) is 4.35. The van der Waals surface area contributed by atoms with Gasteiger partial charge in [-0.05, 0) is 50.2 Å². The normalized spacial score (nSPS) is 11.9. The molecule has 3 aromatic carbocycles. The van der Waals surface area contributed by atoms with Gasteiger partial charge in [-0.2, -0.15) is 0 Å². The van der Waals surface area contributed by atoms with Crippen molar-refractivity contribution in [3.05, 3.63) is 77.9 Å². The summed E-state index contributed by atoms with van der Waals surface area (Å²) < 4.78 is 7.08. The Balaban J connectivity index is 0.000000236. The van der Waals surface area contributed by atoms with Crippen LogP contribution in [0.15, 0.2) is 66.7 Å². The van der Waals surface area contributed by atoms with Gasteiger partial charge in [0.1, 0.15) is 5.75 Å². The van der Waals surface area contributed by atoms with Crippen LogP contribution in [0.4, 0.5) is 0 Å². The largest absolute Gasteiger partial charge is 0.497 e. The summed E-state index contributed by atoms with van der Waals surface area (Å²) in [7, 11) is 1.66. The van der Waals surface area contributed by atoms with E-state index in [0.29, 0.717) is 6.54 Å². The smallest absolute Gasteiger partial charge is 0.118 e. The fourth-order valence-electron chi connectivity index (χ4n) is 3.37. The van der Waals surface area contributed by atoms with E-state index in [0.717, 1.165) is 16.8 Å². The molecule has 1 unspecified atom stereocenters. The van der Waals surface area contributed by atoms with Gasteiger partial charge < -0.3 is 20.1 Å². The highest BCUT2D eigenvalue weighted by Crippen LogP contribution is 2.30. The first-order valence-electron chi connectivity index (χ1n) is 9.50. The van der Waals surface area contributed by atoms with Gasteiger partial charge in [0.25, 0.3) is 0 Å². The Morgan fingerprint density at radius 1 is 0.893 bits per heavy atom. The van der Waals surface area contributed by atoms with Crippen molar-refractivity contribution in [1.82, 2.24) is 4.57 Å². The second kappa shape index (κ2) is 8.91. The number of para-hydroxylation sites is 1. The minimum absolute atomic E-state index is 0.277. The maximum absolute atomic E-state index is 9.91. The number of hydrogen-bond acceptors (Lipinski definition) is 3. The second-order valence-corrected chi connectivity index (χ2v) is 7.06. The lowest BCUT2D eigenvalue weighted by molar-refractivity contribution is 0.165. The van der Waals surface area contributed by atoms with Gasteiger partial charge in [0.15, 0.2) is 0 Å². The molecule has 1 heterocycles. The first kappa shape index (κ1) is 19.9. The van der Waals surface area contributed by atoms with Crippen LogP contribution in [-0.4, -0.2) is 29.4 Å². The topological polar surface area (TPSA) is 60.4 Å². The molecule has 0 amide bonds. The predicted octanol–water partition coefficient (Wildman–Crippen LogP) is 4.43. The van der Waals surface area contributed by atoms with Crippen LogP contribution in [0.1, 0.15) is 11.1 Å². The summed E-state index contributed by atoms with van der Waals surface area (Å²) in [5.41, 5.74) is 10.4. The molecular weight excluding hydrogens is 348 g/mol. The highest BCUT2D eigenvalue weighted by Gasteiger charge is 2.13. The maximum atomic E-state index is 9.91. The minimum atomic E-state index is -0.517. The third-order valence-electron chi connectivity index (χ3n) is 4.82. The van der Waals surface area contributed by atoms with E-state index in [1.54, 1.807) is 7.11 Å². The molecule has 1 aromatic heterocycles. The van der Waals surface area contributed by atoms with Gasteiger partial charge in [0.2, 0.25) is 0 Å². The number of nitrogens with two attached hydrogens (primary N) is 1. The molecule has 0 aliphatic carbocycles. The van der Waals surface area contributed by atoms with Crippen molar-refractivity contribution in [2.75, 3.05) is 13.7 Å². The van der Waals surface area contributed by atoms with Crippen LogP contribution < -0.4 is 10.5 Å². The number of hydrogen-bond donors (Lipinski definition) is 2. The molecule has 4 heteroatoms. The molecule has 0 aliphatic rings. The summed E-state index contributed by atoms with van der Waals surface area (Å²) in [5.74, 6) is 0.910. The van der Waals surface area contributed by atoms with Gasteiger partial charge in [0.05, 0.1) is 19.8 Å².